The molecule has 0 fully saturated rings. The van der Waals surface area contributed by atoms with E-state index in [-0.39, 0.29) is 23.2 Å². The van der Waals surface area contributed by atoms with Crippen LogP contribution in [0.15, 0.2) is 39.7 Å². The maximum absolute atomic E-state index is 11.8. The van der Waals surface area contributed by atoms with Crippen LogP contribution in [0.25, 0.3) is 11.4 Å². The number of carbonyl (C=O) groups is 1. The van der Waals surface area contributed by atoms with Crippen LogP contribution >= 0.6 is 22.9 Å². The minimum atomic E-state index is -0.594. The Morgan fingerprint density at radius 3 is 3.10 bits per heavy atom. The first-order valence-corrected chi connectivity index (χ1v) is 7.19. The lowest BCUT2D eigenvalue weighted by atomic mass is 10.3. The molecule has 0 spiro atoms. The molecule has 0 radical (unpaired) electrons. The van der Waals surface area contributed by atoms with E-state index in [0.29, 0.717) is 5.82 Å². The van der Waals surface area contributed by atoms with Gasteiger partial charge >= 0.3 is 5.97 Å². The number of pyridine rings is 1. The average Bonchev–Trinajstić information content (AvgIpc) is 3.16. The lowest BCUT2D eigenvalue weighted by Crippen LogP contribution is -2.06. The van der Waals surface area contributed by atoms with Crippen LogP contribution in [0.5, 0.6) is 0 Å². The molecule has 3 aromatic heterocycles. The fourth-order valence-corrected chi connectivity index (χ4v) is 2.40. The topological polar surface area (TPSA) is 78.1 Å². The lowest BCUT2D eigenvalue weighted by molar-refractivity contribution is 0.0429. The molecule has 3 aromatic rings. The van der Waals surface area contributed by atoms with Crippen molar-refractivity contribution in [2.75, 3.05) is 0 Å². The van der Waals surface area contributed by atoms with Gasteiger partial charge in [0.05, 0.1) is 5.56 Å². The highest BCUT2D eigenvalue weighted by Crippen LogP contribution is 2.19. The predicted octanol–water partition coefficient (Wildman–Crippen LogP) is 3.20. The van der Waals surface area contributed by atoms with Crippen LogP contribution < -0.4 is 0 Å². The van der Waals surface area contributed by atoms with Crippen molar-refractivity contribution < 1.29 is 14.1 Å². The minimum Gasteiger partial charge on any atom is -0.452 e. The van der Waals surface area contributed by atoms with E-state index in [1.165, 1.54) is 23.6 Å². The van der Waals surface area contributed by atoms with Gasteiger partial charge in [-0.05, 0) is 23.6 Å². The summed E-state index contributed by atoms with van der Waals surface area (Å²) in [4.78, 5) is 19.8. The first-order valence-electron chi connectivity index (χ1n) is 5.87. The third-order valence-electron chi connectivity index (χ3n) is 2.55. The fraction of sp³-hybridized carbons (Fsp3) is 0.0769. The minimum absolute atomic E-state index is 0.0898. The molecule has 3 heterocycles. The maximum Gasteiger partial charge on any atom is 0.341 e. The number of thiophene rings is 1. The quantitative estimate of drug-likeness (QED) is 0.542. The van der Waals surface area contributed by atoms with Gasteiger partial charge in [-0.3, -0.25) is 0 Å². The van der Waals surface area contributed by atoms with E-state index in [9.17, 15) is 4.79 Å². The SMILES string of the molecule is O=C(OCc1nc(-c2ccsc2)no1)c1cccnc1Cl. The van der Waals surface area contributed by atoms with E-state index in [1.54, 1.807) is 6.07 Å². The summed E-state index contributed by atoms with van der Waals surface area (Å²) in [7, 11) is 0. The van der Waals surface area contributed by atoms with Crippen LogP contribution in [0.1, 0.15) is 16.2 Å². The Labute approximate surface area is 128 Å². The van der Waals surface area contributed by atoms with Crippen LogP contribution in [0.2, 0.25) is 5.15 Å². The van der Waals surface area contributed by atoms with Crippen molar-refractivity contribution in [1.82, 2.24) is 15.1 Å². The Balaban J connectivity index is 1.66. The van der Waals surface area contributed by atoms with Gasteiger partial charge in [-0.15, -0.1) is 0 Å². The zero-order valence-corrected chi connectivity index (χ0v) is 12.1. The summed E-state index contributed by atoms with van der Waals surface area (Å²) >= 11 is 7.34. The van der Waals surface area contributed by atoms with Gasteiger partial charge in [0.25, 0.3) is 5.89 Å². The van der Waals surface area contributed by atoms with Crippen LogP contribution in [-0.4, -0.2) is 21.1 Å². The third kappa shape index (κ3) is 3.09. The molecule has 6 nitrogen and oxygen atoms in total. The van der Waals surface area contributed by atoms with E-state index < -0.39 is 5.97 Å². The number of hydrogen-bond donors (Lipinski definition) is 0. The van der Waals surface area contributed by atoms with Crippen LogP contribution in [-0.2, 0) is 11.3 Å². The van der Waals surface area contributed by atoms with Gasteiger partial charge in [-0.2, -0.15) is 16.3 Å². The van der Waals surface area contributed by atoms with E-state index >= 15 is 0 Å². The number of esters is 1. The Kier molecular flexibility index (Phi) is 3.94. The van der Waals surface area contributed by atoms with Crippen molar-refractivity contribution in [3.8, 4) is 11.4 Å². The Morgan fingerprint density at radius 2 is 2.33 bits per heavy atom. The summed E-state index contributed by atoms with van der Waals surface area (Å²) in [6, 6.07) is 5.01. The zero-order valence-electron chi connectivity index (χ0n) is 10.5. The lowest BCUT2D eigenvalue weighted by Gasteiger charge is -2.02. The average molecular weight is 322 g/mol. The Bertz CT molecular complexity index is 758. The van der Waals surface area contributed by atoms with Gasteiger partial charge in [-0.1, -0.05) is 16.8 Å². The predicted molar refractivity (Wildman–Crippen MR) is 76.0 cm³/mol. The van der Waals surface area contributed by atoms with Gasteiger partial charge < -0.3 is 9.26 Å². The van der Waals surface area contributed by atoms with Crippen molar-refractivity contribution in [1.29, 1.82) is 0 Å². The molecule has 106 valence electrons. The summed E-state index contributed by atoms with van der Waals surface area (Å²) in [5.41, 5.74) is 1.05. The van der Waals surface area contributed by atoms with Gasteiger partial charge in [0.15, 0.2) is 6.61 Å². The molecule has 0 saturated heterocycles. The molecule has 0 aliphatic carbocycles. The van der Waals surface area contributed by atoms with E-state index in [4.69, 9.17) is 20.9 Å². The Morgan fingerprint density at radius 1 is 1.43 bits per heavy atom. The highest BCUT2D eigenvalue weighted by molar-refractivity contribution is 7.08. The van der Waals surface area contributed by atoms with E-state index in [0.717, 1.165) is 5.56 Å². The molecule has 0 aromatic carbocycles. The molecule has 21 heavy (non-hydrogen) atoms. The van der Waals surface area contributed by atoms with Crippen molar-refractivity contribution >= 4 is 28.9 Å². The van der Waals surface area contributed by atoms with Crippen molar-refractivity contribution in [2.45, 2.75) is 6.61 Å². The van der Waals surface area contributed by atoms with Gasteiger partial charge in [-0.25, -0.2) is 9.78 Å². The van der Waals surface area contributed by atoms with Crippen LogP contribution in [0.3, 0.4) is 0 Å². The van der Waals surface area contributed by atoms with Crippen LogP contribution in [0.4, 0.5) is 0 Å². The first kappa shape index (κ1) is 13.7. The highest BCUT2D eigenvalue weighted by Gasteiger charge is 2.15. The second kappa shape index (κ2) is 6.02. The maximum atomic E-state index is 11.8. The van der Waals surface area contributed by atoms with Gasteiger partial charge in [0.2, 0.25) is 5.82 Å². The smallest absolute Gasteiger partial charge is 0.341 e. The largest absolute Gasteiger partial charge is 0.452 e. The number of nitrogens with zero attached hydrogens (tertiary/aromatic N) is 3. The van der Waals surface area contributed by atoms with Gasteiger partial charge in [0, 0.05) is 17.1 Å². The van der Waals surface area contributed by atoms with Crippen molar-refractivity contribution in [3.63, 3.8) is 0 Å². The third-order valence-corrected chi connectivity index (χ3v) is 3.54. The summed E-state index contributed by atoms with van der Waals surface area (Å²) in [6.45, 7) is -0.124. The van der Waals surface area contributed by atoms with Gasteiger partial charge in [0.1, 0.15) is 5.15 Å². The normalized spacial score (nSPS) is 10.5. The molecule has 3 rings (SSSR count). The van der Waals surface area contributed by atoms with Crippen LogP contribution in [0, 0.1) is 0 Å². The summed E-state index contributed by atoms with van der Waals surface area (Å²) < 4.78 is 10.1. The van der Waals surface area contributed by atoms with Crippen molar-refractivity contribution in [3.05, 3.63) is 51.8 Å². The molecule has 0 aliphatic heterocycles. The second-order valence-corrected chi connectivity index (χ2v) is 5.08. The number of ether oxygens (including phenoxy) is 1. The van der Waals surface area contributed by atoms with E-state index in [2.05, 4.69) is 15.1 Å². The zero-order chi connectivity index (χ0) is 14.7. The standard InChI is InChI=1S/C13H8ClN3O3S/c14-11-9(2-1-4-15-11)13(18)19-6-10-16-12(17-20-10)8-3-5-21-7-8/h1-5,7H,6H2. The molecule has 0 unspecified atom stereocenters. The molecule has 0 aliphatic rings. The molecule has 0 amide bonds. The second-order valence-electron chi connectivity index (χ2n) is 3.94. The van der Waals surface area contributed by atoms with E-state index in [1.807, 2.05) is 16.8 Å². The number of halogens is 1. The molecule has 8 heteroatoms. The molecule has 0 saturated carbocycles. The number of hydrogen-bond acceptors (Lipinski definition) is 7. The van der Waals surface area contributed by atoms with Crippen molar-refractivity contribution in [2.24, 2.45) is 0 Å². The number of aromatic nitrogens is 3. The molecule has 0 atom stereocenters. The Hall–Kier alpha value is -2.25. The molecular formula is C13H8ClN3O3S. The number of carbonyl (C=O) groups excluding carboxylic acids is 1. The first-order chi connectivity index (χ1) is 10.2. The summed E-state index contributed by atoms with van der Waals surface area (Å²) in [5.74, 6) is 0.0784. The molecule has 0 N–H and O–H groups in total. The highest BCUT2D eigenvalue weighted by atomic mass is 35.5. The summed E-state index contributed by atoms with van der Waals surface area (Å²) in [5, 5.41) is 7.72. The fourth-order valence-electron chi connectivity index (χ4n) is 1.57. The summed E-state index contributed by atoms with van der Waals surface area (Å²) in [6.07, 6.45) is 1.49. The monoisotopic (exact) mass is 321 g/mol. The molecular weight excluding hydrogens is 314 g/mol. The molecule has 0 bridgehead atoms. The number of rotatable bonds is 4.